The molecule has 0 bridgehead atoms. The van der Waals surface area contributed by atoms with Crippen LogP contribution in [0, 0.1) is 0 Å². The van der Waals surface area contributed by atoms with Gasteiger partial charge in [-0.1, -0.05) is 11.3 Å². The van der Waals surface area contributed by atoms with Gasteiger partial charge in [-0.25, -0.2) is 9.78 Å². The van der Waals surface area contributed by atoms with Crippen molar-refractivity contribution in [1.82, 2.24) is 9.88 Å². The number of rotatable bonds is 7. The number of hydrogen-bond acceptors (Lipinski definition) is 7. The smallest absolute Gasteiger partial charge is 0.358 e. The molecule has 7 heteroatoms. The number of aromatic nitrogens is 1. The van der Waals surface area contributed by atoms with Crippen LogP contribution in [0.15, 0.2) is 0 Å². The summed E-state index contributed by atoms with van der Waals surface area (Å²) in [6.45, 7) is 6.23. The summed E-state index contributed by atoms with van der Waals surface area (Å²) in [5, 5.41) is 3.75. The van der Waals surface area contributed by atoms with Gasteiger partial charge >= 0.3 is 5.97 Å². The normalized spacial score (nSPS) is 12.3. The number of ether oxygens (including phenoxy) is 1. The predicted octanol–water partition coefficient (Wildman–Crippen LogP) is 1.88. The maximum atomic E-state index is 11.8. The number of ketones is 1. The second kappa shape index (κ2) is 7.35. The summed E-state index contributed by atoms with van der Waals surface area (Å²) >= 11 is 1.19. The molecule has 0 aliphatic rings. The van der Waals surface area contributed by atoms with Crippen LogP contribution in [0.3, 0.4) is 0 Å². The van der Waals surface area contributed by atoms with Crippen molar-refractivity contribution >= 4 is 28.2 Å². The zero-order chi connectivity index (χ0) is 15.3. The molecule has 0 saturated heterocycles. The zero-order valence-corrected chi connectivity index (χ0v) is 13.3. The molecule has 1 unspecified atom stereocenters. The Morgan fingerprint density at radius 2 is 2.10 bits per heavy atom. The number of likely N-dealkylation sites (N-methyl/N-ethyl adjacent to an activating group) is 1. The third kappa shape index (κ3) is 4.57. The molecule has 1 aromatic heterocycles. The maximum Gasteiger partial charge on any atom is 0.358 e. The zero-order valence-electron chi connectivity index (χ0n) is 12.5. The molecule has 1 heterocycles. The average molecular weight is 299 g/mol. The Hall–Kier alpha value is -1.47. The van der Waals surface area contributed by atoms with Crippen molar-refractivity contribution in [2.45, 2.75) is 26.8 Å². The molecule has 0 amide bonds. The number of hydrogen-bond donors (Lipinski definition) is 1. The van der Waals surface area contributed by atoms with Crippen LogP contribution in [-0.4, -0.2) is 54.9 Å². The first-order valence-corrected chi connectivity index (χ1v) is 7.27. The summed E-state index contributed by atoms with van der Waals surface area (Å²) in [6.07, 6.45) is 0. The van der Waals surface area contributed by atoms with Gasteiger partial charge in [0.25, 0.3) is 0 Å². The third-order valence-corrected chi connectivity index (χ3v) is 3.51. The van der Waals surface area contributed by atoms with Crippen molar-refractivity contribution in [3.05, 3.63) is 10.6 Å². The van der Waals surface area contributed by atoms with Gasteiger partial charge in [0.05, 0.1) is 6.61 Å². The van der Waals surface area contributed by atoms with Crippen molar-refractivity contribution in [3.8, 4) is 0 Å². The first kappa shape index (κ1) is 16.6. The molecule has 0 fully saturated rings. The number of nitrogens with zero attached hydrogens (tertiary/aromatic N) is 2. The number of esters is 1. The number of nitrogens with one attached hydrogen (secondary N) is 1. The van der Waals surface area contributed by atoms with Crippen molar-refractivity contribution < 1.29 is 14.3 Å². The monoisotopic (exact) mass is 299 g/mol. The van der Waals surface area contributed by atoms with Gasteiger partial charge in [0.2, 0.25) is 0 Å². The largest absolute Gasteiger partial charge is 0.461 e. The fourth-order valence-corrected chi connectivity index (χ4v) is 2.72. The summed E-state index contributed by atoms with van der Waals surface area (Å²) in [5.74, 6) is -0.735. The lowest BCUT2D eigenvalue weighted by molar-refractivity contribution is 0.0517. The van der Waals surface area contributed by atoms with Crippen LogP contribution < -0.4 is 5.32 Å². The molecular weight excluding hydrogens is 278 g/mol. The van der Waals surface area contributed by atoms with Gasteiger partial charge in [0, 0.05) is 19.5 Å². The van der Waals surface area contributed by atoms with Crippen molar-refractivity contribution in [2.24, 2.45) is 0 Å². The van der Waals surface area contributed by atoms with Crippen LogP contribution in [0.25, 0.3) is 0 Å². The van der Waals surface area contributed by atoms with Crippen LogP contribution in [0.1, 0.15) is 40.9 Å². The van der Waals surface area contributed by atoms with E-state index in [2.05, 4.69) is 10.3 Å². The molecule has 0 radical (unpaired) electrons. The van der Waals surface area contributed by atoms with Gasteiger partial charge in [-0.15, -0.1) is 0 Å². The van der Waals surface area contributed by atoms with Crippen LogP contribution in [0.4, 0.5) is 5.13 Å². The Bertz CT molecular complexity index is 485. The lowest BCUT2D eigenvalue weighted by Crippen LogP contribution is -2.29. The predicted molar refractivity (Wildman–Crippen MR) is 79.7 cm³/mol. The van der Waals surface area contributed by atoms with E-state index in [1.807, 2.05) is 25.9 Å². The van der Waals surface area contributed by atoms with E-state index in [9.17, 15) is 9.59 Å². The van der Waals surface area contributed by atoms with Crippen LogP contribution in [0.5, 0.6) is 0 Å². The van der Waals surface area contributed by atoms with Gasteiger partial charge < -0.3 is 15.0 Å². The Morgan fingerprint density at radius 3 is 2.60 bits per heavy atom. The number of carbonyl (C=O) groups is 2. The second-order valence-corrected chi connectivity index (χ2v) is 5.78. The molecule has 0 aliphatic carbocycles. The van der Waals surface area contributed by atoms with E-state index in [-0.39, 0.29) is 24.1 Å². The van der Waals surface area contributed by atoms with Crippen molar-refractivity contribution in [2.75, 3.05) is 32.6 Å². The minimum absolute atomic E-state index is 0.101. The van der Waals surface area contributed by atoms with Crippen molar-refractivity contribution in [1.29, 1.82) is 0 Å². The van der Waals surface area contributed by atoms with E-state index in [0.717, 1.165) is 6.54 Å². The maximum absolute atomic E-state index is 11.8. The highest BCUT2D eigenvalue weighted by Gasteiger charge is 2.22. The molecule has 20 heavy (non-hydrogen) atoms. The van der Waals surface area contributed by atoms with Gasteiger partial charge in [-0.05, 0) is 27.9 Å². The van der Waals surface area contributed by atoms with E-state index in [1.54, 1.807) is 6.92 Å². The van der Waals surface area contributed by atoms with Crippen LogP contribution in [-0.2, 0) is 4.74 Å². The van der Waals surface area contributed by atoms with Gasteiger partial charge in [-0.3, -0.25) is 4.79 Å². The molecule has 0 spiro atoms. The number of Topliss-reactive ketones (excluding diaryl/α,β-unsaturated/α-hetero) is 1. The van der Waals surface area contributed by atoms with E-state index in [1.165, 1.54) is 18.3 Å². The summed E-state index contributed by atoms with van der Waals surface area (Å²) in [5.41, 5.74) is 0.101. The number of carbonyl (C=O) groups excluding carboxylic acids is 2. The molecule has 1 rings (SSSR count). The minimum atomic E-state index is -0.553. The Balaban J connectivity index is 2.91. The summed E-state index contributed by atoms with van der Waals surface area (Å²) < 4.78 is 4.92. The molecule has 0 aliphatic heterocycles. The molecular formula is C13H21N3O3S. The van der Waals surface area contributed by atoms with E-state index in [4.69, 9.17) is 4.74 Å². The van der Waals surface area contributed by atoms with E-state index in [0.29, 0.717) is 10.0 Å². The average Bonchev–Trinajstić information content (AvgIpc) is 2.72. The Kier molecular flexibility index (Phi) is 6.09. The number of thiazole rings is 1. The number of anilines is 1. The minimum Gasteiger partial charge on any atom is -0.461 e. The highest BCUT2D eigenvalue weighted by molar-refractivity contribution is 7.17. The summed E-state index contributed by atoms with van der Waals surface area (Å²) in [7, 11) is 3.95. The first-order valence-electron chi connectivity index (χ1n) is 6.45. The SMILES string of the molecule is CCOC(=O)c1nc(NC(C)CN(C)C)sc1C(C)=O. The van der Waals surface area contributed by atoms with Gasteiger partial charge in [0.15, 0.2) is 16.6 Å². The highest BCUT2D eigenvalue weighted by atomic mass is 32.1. The molecule has 0 saturated carbocycles. The standard InChI is InChI=1S/C13H21N3O3S/c1-6-19-12(18)10-11(9(3)17)20-13(15-10)14-8(2)7-16(4)5/h8H,6-7H2,1-5H3,(H,14,15). The van der Waals surface area contributed by atoms with Gasteiger partial charge in [-0.2, -0.15) is 0 Å². The fourth-order valence-electron chi connectivity index (χ4n) is 1.76. The molecule has 112 valence electrons. The lowest BCUT2D eigenvalue weighted by atomic mass is 10.3. The first-order chi connectivity index (χ1) is 9.35. The Morgan fingerprint density at radius 1 is 1.45 bits per heavy atom. The topological polar surface area (TPSA) is 71.5 Å². The van der Waals surface area contributed by atoms with Crippen LogP contribution in [0.2, 0.25) is 0 Å². The molecule has 1 aromatic rings. The van der Waals surface area contributed by atoms with E-state index >= 15 is 0 Å². The molecule has 1 atom stereocenters. The highest BCUT2D eigenvalue weighted by Crippen LogP contribution is 2.25. The van der Waals surface area contributed by atoms with E-state index < -0.39 is 5.97 Å². The lowest BCUT2D eigenvalue weighted by Gasteiger charge is -2.17. The molecule has 6 nitrogen and oxygen atoms in total. The fraction of sp³-hybridized carbons (Fsp3) is 0.615. The van der Waals surface area contributed by atoms with Gasteiger partial charge in [0.1, 0.15) is 4.88 Å². The molecule has 1 N–H and O–H groups in total. The quantitative estimate of drug-likeness (QED) is 0.612. The Labute approximate surface area is 123 Å². The molecule has 0 aromatic carbocycles. The second-order valence-electron chi connectivity index (χ2n) is 4.78. The summed E-state index contributed by atoms with van der Waals surface area (Å²) in [4.78, 5) is 29.9. The van der Waals surface area contributed by atoms with Crippen molar-refractivity contribution in [3.63, 3.8) is 0 Å². The van der Waals surface area contributed by atoms with Crippen LogP contribution >= 0.6 is 11.3 Å². The third-order valence-electron chi connectivity index (χ3n) is 2.42. The summed E-state index contributed by atoms with van der Waals surface area (Å²) in [6, 6.07) is 0.158.